The molecule has 0 bridgehead atoms. The predicted molar refractivity (Wildman–Crippen MR) is 136 cm³/mol. The Morgan fingerprint density at radius 1 is 0.914 bits per heavy atom. The fraction of sp³-hybridized carbons (Fsp3) is 0.483. The van der Waals surface area contributed by atoms with Gasteiger partial charge in [-0.1, -0.05) is 64.3 Å². The number of rotatable bonds is 16. The molecule has 2 atom stereocenters. The number of unbranched alkanes of at least 4 members (excludes halogenated alkanes) is 3. The minimum absolute atomic E-state index is 0.0425. The molecule has 0 heterocycles. The van der Waals surface area contributed by atoms with Crippen molar-refractivity contribution in [1.29, 1.82) is 0 Å². The predicted octanol–water partition coefficient (Wildman–Crippen LogP) is 7.83. The number of benzene rings is 2. The Morgan fingerprint density at radius 3 is 2.20 bits per heavy atom. The fourth-order valence-electron chi connectivity index (χ4n) is 3.34. The quantitative estimate of drug-likeness (QED) is 0.105. The van der Waals surface area contributed by atoms with Crippen molar-refractivity contribution < 1.29 is 27.8 Å². The number of allylic oxidation sites excluding steroid dienone is 1. The maximum atomic E-state index is 13.5. The first-order valence-electron chi connectivity index (χ1n) is 12.5. The van der Waals surface area contributed by atoms with E-state index in [1.807, 2.05) is 6.92 Å². The first-order chi connectivity index (χ1) is 16.9. The highest BCUT2D eigenvalue weighted by atomic mass is 19.3. The second-order valence-corrected chi connectivity index (χ2v) is 8.71. The molecule has 0 fully saturated rings. The monoisotopic (exact) mass is 488 g/mol. The zero-order chi connectivity index (χ0) is 25.5. The highest BCUT2D eigenvalue weighted by Crippen LogP contribution is 2.26. The third kappa shape index (κ3) is 10.6. The van der Waals surface area contributed by atoms with Crippen molar-refractivity contribution in [3.63, 3.8) is 0 Å². The Balaban J connectivity index is 1.86. The molecule has 2 aromatic carbocycles. The lowest BCUT2D eigenvalue weighted by Crippen LogP contribution is -2.16. The lowest BCUT2D eigenvalue weighted by atomic mass is 10.0. The van der Waals surface area contributed by atoms with Gasteiger partial charge in [-0.25, -0.2) is 13.6 Å². The molecule has 0 aliphatic carbocycles. The molecule has 0 saturated heterocycles. The molecule has 0 aliphatic rings. The molecule has 6 heteroatoms. The van der Waals surface area contributed by atoms with Crippen LogP contribution in [0.1, 0.15) is 74.7 Å². The van der Waals surface area contributed by atoms with Gasteiger partial charge in [-0.3, -0.25) is 0 Å². The highest BCUT2D eigenvalue weighted by Gasteiger charge is 2.23. The van der Waals surface area contributed by atoms with E-state index in [9.17, 15) is 13.6 Å². The Labute approximate surface area is 208 Å². The van der Waals surface area contributed by atoms with Gasteiger partial charge >= 0.3 is 5.97 Å². The number of carbonyl (C=O) groups excluding carboxylic acids is 1. The molecular formula is C29H38F2O4. The lowest BCUT2D eigenvalue weighted by Gasteiger charge is -2.17. The average Bonchev–Trinajstić information content (AvgIpc) is 2.86. The van der Waals surface area contributed by atoms with Crippen LogP contribution in [0.4, 0.5) is 8.78 Å². The first kappa shape index (κ1) is 28.5. The summed E-state index contributed by atoms with van der Waals surface area (Å²) in [6.07, 6.45) is 7.07. The van der Waals surface area contributed by atoms with Crippen LogP contribution in [-0.4, -0.2) is 32.2 Å². The average molecular weight is 489 g/mol. The maximum Gasteiger partial charge on any atom is 0.343 e. The van der Waals surface area contributed by atoms with Gasteiger partial charge in [0.05, 0.1) is 24.7 Å². The van der Waals surface area contributed by atoms with E-state index < -0.39 is 18.3 Å². The molecule has 0 amide bonds. The van der Waals surface area contributed by atoms with Crippen LogP contribution in [-0.2, 0) is 4.74 Å². The number of ether oxygens (including phenoxy) is 3. The highest BCUT2D eigenvalue weighted by molar-refractivity contribution is 5.91. The largest absolute Gasteiger partial charge is 0.493 e. The number of alkyl halides is 2. The summed E-state index contributed by atoms with van der Waals surface area (Å²) >= 11 is 0. The third-order valence-corrected chi connectivity index (χ3v) is 5.55. The zero-order valence-electron chi connectivity index (χ0n) is 21.1. The summed E-state index contributed by atoms with van der Waals surface area (Å²) in [6, 6.07) is 12.9. The smallest absolute Gasteiger partial charge is 0.343 e. The van der Waals surface area contributed by atoms with Crippen LogP contribution < -0.4 is 9.47 Å². The molecular weight excluding hydrogens is 450 g/mol. The van der Waals surface area contributed by atoms with Crippen LogP contribution in [0.25, 0.3) is 0 Å². The van der Waals surface area contributed by atoms with Gasteiger partial charge in [0.2, 0.25) is 6.43 Å². The Kier molecular flexibility index (Phi) is 13.1. The van der Waals surface area contributed by atoms with Gasteiger partial charge < -0.3 is 14.2 Å². The number of carbonyl (C=O) groups is 1. The standard InChI is InChI=1S/C29H38F2O4/c1-4-6-8-9-10-22(3)20-34-25-15-13-24(14-16-25)29(32)35-26-17-11-23(12-18-26)27(28(30)31)21-33-19-7-5-2/h9-18,22,27-28H,4-8,19-21H2,1-3H3/b10-9-/t22-,27+/m1/s1. The third-order valence-electron chi connectivity index (χ3n) is 5.55. The van der Waals surface area contributed by atoms with Gasteiger partial charge in [-0.2, -0.15) is 0 Å². The van der Waals surface area contributed by atoms with Crippen LogP contribution in [0, 0.1) is 5.92 Å². The molecule has 2 aromatic rings. The Morgan fingerprint density at radius 2 is 1.57 bits per heavy atom. The van der Waals surface area contributed by atoms with Crippen LogP contribution in [0.3, 0.4) is 0 Å². The van der Waals surface area contributed by atoms with Gasteiger partial charge in [0.25, 0.3) is 0 Å². The Bertz CT molecular complexity index is 879. The van der Waals surface area contributed by atoms with Crippen LogP contribution in [0.2, 0.25) is 0 Å². The van der Waals surface area contributed by atoms with E-state index in [-0.39, 0.29) is 6.61 Å². The van der Waals surface area contributed by atoms with Gasteiger partial charge in [-0.05, 0) is 54.8 Å². The summed E-state index contributed by atoms with van der Waals surface area (Å²) in [5, 5.41) is 0. The van der Waals surface area contributed by atoms with Crippen molar-refractivity contribution in [2.75, 3.05) is 19.8 Å². The molecule has 0 aliphatic heterocycles. The molecule has 2 rings (SSSR count). The Hall–Kier alpha value is -2.73. The second-order valence-electron chi connectivity index (χ2n) is 8.71. The molecule has 0 N–H and O–H groups in total. The SMILES string of the molecule is CCCC/C=C\[C@@H](C)COc1ccc(C(=O)Oc2ccc([C@H](COCCCC)C(F)F)cc2)cc1. The molecule has 35 heavy (non-hydrogen) atoms. The second kappa shape index (κ2) is 16.0. The molecule has 4 nitrogen and oxygen atoms in total. The molecule has 0 spiro atoms. The van der Waals surface area contributed by atoms with Crippen LogP contribution in [0.5, 0.6) is 11.5 Å². The summed E-state index contributed by atoms with van der Waals surface area (Å²) < 4.78 is 43.5. The number of halogens is 2. The molecule has 0 unspecified atom stereocenters. The summed E-state index contributed by atoms with van der Waals surface area (Å²) in [7, 11) is 0. The van der Waals surface area contributed by atoms with E-state index in [0.717, 1.165) is 19.3 Å². The van der Waals surface area contributed by atoms with E-state index >= 15 is 0 Å². The molecule has 0 saturated carbocycles. The zero-order valence-corrected chi connectivity index (χ0v) is 21.1. The summed E-state index contributed by atoms with van der Waals surface area (Å²) in [5.41, 5.74) is 0.830. The van der Waals surface area contributed by atoms with Gasteiger partial charge in [0.15, 0.2) is 0 Å². The van der Waals surface area contributed by atoms with Crippen molar-refractivity contribution in [3.8, 4) is 11.5 Å². The van der Waals surface area contributed by atoms with E-state index in [2.05, 4.69) is 26.0 Å². The van der Waals surface area contributed by atoms with Crippen molar-refractivity contribution in [2.45, 2.75) is 65.2 Å². The lowest BCUT2D eigenvalue weighted by molar-refractivity contribution is 0.0425. The first-order valence-corrected chi connectivity index (χ1v) is 12.5. The van der Waals surface area contributed by atoms with Gasteiger partial charge in [-0.15, -0.1) is 0 Å². The van der Waals surface area contributed by atoms with E-state index in [0.29, 0.717) is 41.8 Å². The van der Waals surface area contributed by atoms with Crippen molar-refractivity contribution in [1.82, 2.24) is 0 Å². The number of hydrogen-bond donors (Lipinski definition) is 0. The maximum absolute atomic E-state index is 13.5. The van der Waals surface area contributed by atoms with Crippen molar-refractivity contribution in [2.24, 2.45) is 5.92 Å². The minimum Gasteiger partial charge on any atom is -0.493 e. The summed E-state index contributed by atoms with van der Waals surface area (Å²) in [6.45, 7) is 7.27. The van der Waals surface area contributed by atoms with Crippen LogP contribution in [0.15, 0.2) is 60.7 Å². The number of esters is 1. The summed E-state index contributed by atoms with van der Waals surface area (Å²) in [5.74, 6) is -0.267. The van der Waals surface area contributed by atoms with Gasteiger partial charge in [0, 0.05) is 12.5 Å². The molecule has 0 radical (unpaired) electrons. The van der Waals surface area contributed by atoms with Gasteiger partial charge in [0.1, 0.15) is 11.5 Å². The topological polar surface area (TPSA) is 44.8 Å². The number of hydrogen-bond acceptors (Lipinski definition) is 4. The van der Waals surface area contributed by atoms with E-state index in [1.165, 1.54) is 25.0 Å². The van der Waals surface area contributed by atoms with E-state index in [1.54, 1.807) is 36.4 Å². The van der Waals surface area contributed by atoms with Crippen LogP contribution >= 0.6 is 0 Å². The fourth-order valence-corrected chi connectivity index (χ4v) is 3.34. The van der Waals surface area contributed by atoms with Crippen molar-refractivity contribution in [3.05, 3.63) is 71.8 Å². The summed E-state index contributed by atoms with van der Waals surface area (Å²) in [4.78, 5) is 12.5. The van der Waals surface area contributed by atoms with Crippen molar-refractivity contribution >= 4 is 5.97 Å². The van der Waals surface area contributed by atoms with E-state index in [4.69, 9.17) is 14.2 Å². The molecule has 0 aromatic heterocycles. The normalized spacial score (nSPS) is 13.2. The minimum atomic E-state index is -2.54. The molecule has 192 valence electrons.